The second-order valence-corrected chi connectivity index (χ2v) is 8.52. The number of alkyl halides is 3. The van der Waals surface area contributed by atoms with Crippen LogP contribution in [0.15, 0.2) is 36.4 Å². The number of likely N-dealkylation sites (N-methyl/N-ethyl adjacent to an activating group) is 1. The summed E-state index contributed by atoms with van der Waals surface area (Å²) in [6, 6.07) is 9.16. The fourth-order valence-corrected chi connectivity index (χ4v) is 4.78. The van der Waals surface area contributed by atoms with E-state index in [1.165, 1.54) is 0 Å². The van der Waals surface area contributed by atoms with Gasteiger partial charge < -0.3 is 15.1 Å². The van der Waals surface area contributed by atoms with Gasteiger partial charge in [-0.2, -0.15) is 13.2 Å². The number of aromatic nitrogens is 1. The highest BCUT2D eigenvalue weighted by Gasteiger charge is 2.47. The number of anilines is 2. The minimum atomic E-state index is -4.47. The second-order valence-electron chi connectivity index (χ2n) is 8.52. The molecule has 2 fully saturated rings. The molecule has 8 heteroatoms. The van der Waals surface area contributed by atoms with Gasteiger partial charge in [0.2, 0.25) is 5.91 Å². The normalized spacial score (nSPS) is 23.5. The van der Waals surface area contributed by atoms with Crippen molar-refractivity contribution < 1.29 is 18.0 Å². The van der Waals surface area contributed by atoms with E-state index >= 15 is 0 Å². The van der Waals surface area contributed by atoms with Gasteiger partial charge >= 0.3 is 6.18 Å². The average Bonchev–Trinajstić information content (AvgIpc) is 3.11. The number of carbonyl (C=O) groups is 1. The van der Waals surface area contributed by atoms with Crippen molar-refractivity contribution in [1.29, 1.82) is 0 Å². The van der Waals surface area contributed by atoms with Crippen molar-refractivity contribution in [3.8, 4) is 0 Å². The predicted molar refractivity (Wildman–Crippen MR) is 114 cm³/mol. The molecule has 2 aromatic rings. The number of fused-ring (bicyclic) bond motifs is 1. The molecule has 3 heterocycles. The highest BCUT2D eigenvalue weighted by Crippen LogP contribution is 2.38. The highest BCUT2D eigenvalue weighted by molar-refractivity contribution is 5.99. The quantitative estimate of drug-likeness (QED) is 0.794. The maximum atomic E-state index is 13.6. The van der Waals surface area contributed by atoms with Gasteiger partial charge in [-0.1, -0.05) is 12.1 Å². The fourth-order valence-electron chi connectivity index (χ4n) is 4.78. The zero-order valence-corrected chi connectivity index (χ0v) is 17.9. The van der Waals surface area contributed by atoms with E-state index < -0.39 is 17.8 Å². The third-order valence-corrected chi connectivity index (χ3v) is 6.25. The molecule has 1 amide bonds. The molecule has 0 aliphatic carbocycles. The molecule has 0 saturated carbocycles. The SMILES string of the molecule is Cc1cccc(N(C)C(=O)[C@@H]2C[C@@H]3NCCC[C@@H]3N2c2cc(C(F)(F)F)cc(C)n2)c1. The monoisotopic (exact) mass is 432 g/mol. The number of hydrogen-bond donors (Lipinski definition) is 1. The van der Waals surface area contributed by atoms with Crippen LogP contribution >= 0.6 is 0 Å². The highest BCUT2D eigenvalue weighted by atomic mass is 19.4. The number of pyridine rings is 1. The predicted octanol–water partition coefficient (Wildman–Crippen LogP) is 4.08. The van der Waals surface area contributed by atoms with Gasteiger partial charge in [-0.05, 0) is 69.5 Å². The van der Waals surface area contributed by atoms with E-state index in [0.717, 1.165) is 42.8 Å². The molecule has 166 valence electrons. The molecule has 0 radical (unpaired) electrons. The molecule has 1 aromatic heterocycles. The maximum Gasteiger partial charge on any atom is 0.416 e. The number of rotatable bonds is 3. The molecule has 0 unspecified atom stereocenters. The van der Waals surface area contributed by atoms with Crippen molar-refractivity contribution in [3.05, 3.63) is 53.2 Å². The summed E-state index contributed by atoms with van der Waals surface area (Å²) in [5, 5.41) is 3.45. The summed E-state index contributed by atoms with van der Waals surface area (Å²) in [5.41, 5.74) is 1.35. The van der Waals surface area contributed by atoms with Gasteiger partial charge in [0, 0.05) is 30.5 Å². The lowest BCUT2D eigenvalue weighted by molar-refractivity contribution is -0.137. The summed E-state index contributed by atoms with van der Waals surface area (Å²) < 4.78 is 40.4. The average molecular weight is 432 g/mol. The van der Waals surface area contributed by atoms with Crippen LogP contribution in [-0.2, 0) is 11.0 Å². The van der Waals surface area contributed by atoms with Crippen molar-refractivity contribution in [3.63, 3.8) is 0 Å². The Morgan fingerprint density at radius 3 is 2.71 bits per heavy atom. The summed E-state index contributed by atoms with van der Waals surface area (Å²) in [4.78, 5) is 21.4. The Morgan fingerprint density at radius 2 is 2.00 bits per heavy atom. The number of nitrogens with zero attached hydrogens (tertiary/aromatic N) is 3. The number of hydrogen-bond acceptors (Lipinski definition) is 4. The van der Waals surface area contributed by atoms with Crippen LogP contribution in [-0.4, -0.2) is 42.6 Å². The summed E-state index contributed by atoms with van der Waals surface area (Å²) in [7, 11) is 1.72. The molecule has 0 bridgehead atoms. The molecule has 31 heavy (non-hydrogen) atoms. The lowest BCUT2D eigenvalue weighted by Gasteiger charge is -2.36. The molecular weight excluding hydrogens is 405 g/mol. The van der Waals surface area contributed by atoms with Gasteiger partial charge in [-0.25, -0.2) is 4.98 Å². The molecule has 3 atom stereocenters. The third kappa shape index (κ3) is 4.26. The molecule has 2 aliphatic rings. The van der Waals surface area contributed by atoms with E-state index in [9.17, 15) is 18.0 Å². The van der Waals surface area contributed by atoms with Gasteiger partial charge in [-0.3, -0.25) is 4.79 Å². The molecule has 1 aromatic carbocycles. The van der Waals surface area contributed by atoms with Gasteiger partial charge in [0.15, 0.2) is 0 Å². The first-order valence-corrected chi connectivity index (χ1v) is 10.6. The molecule has 4 rings (SSSR count). The van der Waals surface area contributed by atoms with Crippen LogP contribution in [0.4, 0.5) is 24.7 Å². The van der Waals surface area contributed by atoms with E-state index in [2.05, 4.69) is 10.3 Å². The minimum absolute atomic E-state index is 0.0465. The van der Waals surface area contributed by atoms with Crippen LogP contribution in [0.1, 0.15) is 36.1 Å². The molecule has 1 N–H and O–H groups in total. The Balaban J connectivity index is 1.73. The number of amides is 1. The van der Waals surface area contributed by atoms with E-state index in [0.29, 0.717) is 6.42 Å². The second kappa shape index (κ2) is 8.15. The van der Waals surface area contributed by atoms with Crippen LogP contribution in [0.25, 0.3) is 0 Å². The fraction of sp³-hybridized carbons (Fsp3) is 0.478. The van der Waals surface area contributed by atoms with Crippen LogP contribution in [0.3, 0.4) is 0 Å². The number of piperidine rings is 1. The van der Waals surface area contributed by atoms with Crippen LogP contribution < -0.4 is 15.1 Å². The Labute approximate surface area is 180 Å². The van der Waals surface area contributed by atoms with E-state index in [4.69, 9.17) is 0 Å². The molecule has 2 saturated heterocycles. The topological polar surface area (TPSA) is 48.5 Å². The molecule has 2 aliphatic heterocycles. The Hall–Kier alpha value is -2.61. The number of benzene rings is 1. The minimum Gasteiger partial charge on any atom is -0.340 e. The van der Waals surface area contributed by atoms with Crippen LogP contribution in [0.5, 0.6) is 0 Å². The lowest BCUT2D eigenvalue weighted by atomic mass is 9.99. The molecular formula is C23H27F3N4O. The first-order chi connectivity index (χ1) is 14.6. The first kappa shape index (κ1) is 21.6. The molecule has 0 spiro atoms. The number of carbonyl (C=O) groups excluding carboxylic acids is 1. The van der Waals surface area contributed by atoms with Crippen molar-refractivity contribution >= 4 is 17.4 Å². The van der Waals surface area contributed by atoms with Gasteiger partial charge in [0.25, 0.3) is 0 Å². The summed E-state index contributed by atoms with van der Waals surface area (Å²) >= 11 is 0. The standard InChI is InChI=1S/C23H27F3N4O/c1-14-6-4-7-17(10-14)29(3)22(31)20-13-18-19(8-5-9-27-18)30(20)21-12-16(23(24,25)26)11-15(2)28-21/h4,6-7,10-12,18-20,27H,5,8-9,13H2,1-3H3/t18-,19-,20-/m0/s1. The number of nitrogens with one attached hydrogen (secondary N) is 1. The first-order valence-electron chi connectivity index (χ1n) is 10.6. The van der Waals surface area contributed by atoms with E-state index in [1.807, 2.05) is 36.1 Å². The lowest BCUT2D eigenvalue weighted by Crippen LogP contribution is -2.50. The van der Waals surface area contributed by atoms with Crippen molar-refractivity contribution in [1.82, 2.24) is 10.3 Å². The third-order valence-electron chi connectivity index (χ3n) is 6.25. The summed E-state index contributed by atoms with van der Waals surface area (Å²) in [6.07, 6.45) is -2.21. The van der Waals surface area contributed by atoms with Gasteiger partial charge in [0.1, 0.15) is 11.9 Å². The molecule has 5 nitrogen and oxygen atoms in total. The Kier molecular flexibility index (Phi) is 5.68. The summed E-state index contributed by atoms with van der Waals surface area (Å²) in [5.74, 6) is 0.0817. The maximum absolute atomic E-state index is 13.6. The van der Waals surface area contributed by atoms with Crippen LogP contribution in [0, 0.1) is 13.8 Å². The largest absolute Gasteiger partial charge is 0.416 e. The van der Waals surface area contributed by atoms with Crippen molar-refractivity contribution in [2.75, 3.05) is 23.4 Å². The zero-order valence-electron chi connectivity index (χ0n) is 17.9. The van der Waals surface area contributed by atoms with Crippen molar-refractivity contribution in [2.24, 2.45) is 0 Å². The Morgan fingerprint density at radius 1 is 1.23 bits per heavy atom. The van der Waals surface area contributed by atoms with Gasteiger partial charge in [-0.15, -0.1) is 0 Å². The smallest absolute Gasteiger partial charge is 0.340 e. The van der Waals surface area contributed by atoms with Crippen molar-refractivity contribution in [2.45, 2.75) is 57.4 Å². The zero-order chi connectivity index (χ0) is 22.3. The van der Waals surface area contributed by atoms with E-state index in [1.54, 1.807) is 18.9 Å². The van der Waals surface area contributed by atoms with Gasteiger partial charge in [0.05, 0.1) is 5.56 Å². The number of aryl methyl sites for hydroxylation is 2. The summed E-state index contributed by atoms with van der Waals surface area (Å²) in [6.45, 7) is 4.36. The number of halogens is 3. The Bertz CT molecular complexity index is 978. The van der Waals surface area contributed by atoms with Crippen LogP contribution in [0.2, 0.25) is 0 Å². The van der Waals surface area contributed by atoms with E-state index in [-0.39, 0.29) is 29.5 Å².